The number of aliphatic imine (C=N–C) groups is 1. The number of pyridine rings is 1. The molecule has 0 spiro atoms. The average Bonchev–Trinajstić information content (AvgIpc) is 2.91. The third kappa shape index (κ3) is 2.29. The van der Waals surface area contributed by atoms with Gasteiger partial charge >= 0.3 is 6.18 Å². The summed E-state index contributed by atoms with van der Waals surface area (Å²) in [6.07, 6.45) is -2.21. The van der Waals surface area contributed by atoms with Crippen molar-refractivity contribution in [2.45, 2.75) is 25.2 Å². The average molecular weight is 329 g/mol. The number of anilines is 1. The SMILES string of the molecule is CC1=NC2Nc3c(-c4ccccn4)cccc3C2C(C(F)(F)F)=C1. The topological polar surface area (TPSA) is 37.3 Å². The Hall–Kier alpha value is -2.63. The number of nitrogens with one attached hydrogen (secondary N) is 1. The Balaban J connectivity index is 1.87. The third-order valence-electron chi connectivity index (χ3n) is 4.35. The number of alkyl halides is 3. The summed E-state index contributed by atoms with van der Waals surface area (Å²) in [5.41, 5.74) is 2.63. The number of allylic oxidation sites excluding steroid dienone is 1. The van der Waals surface area contributed by atoms with Gasteiger partial charge in [-0.1, -0.05) is 24.3 Å². The summed E-state index contributed by atoms with van der Waals surface area (Å²) in [4.78, 5) is 8.68. The van der Waals surface area contributed by atoms with Gasteiger partial charge in [0.2, 0.25) is 0 Å². The largest absolute Gasteiger partial charge is 0.413 e. The number of rotatable bonds is 1. The maximum atomic E-state index is 13.5. The van der Waals surface area contributed by atoms with E-state index in [1.165, 1.54) is 0 Å². The van der Waals surface area contributed by atoms with Gasteiger partial charge in [0.25, 0.3) is 0 Å². The predicted octanol–water partition coefficient (Wildman–Crippen LogP) is 4.55. The standard InChI is InChI=1S/C18H14F3N3/c1-10-9-13(18(19,20)21)15-12-6-4-5-11(14-7-2-3-8-22-14)16(12)24-17(15)23-10/h2-9,15,17,24H,1H3. The first kappa shape index (κ1) is 14.9. The first-order chi connectivity index (χ1) is 11.4. The summed E-state index contributed by atoms with van der Waals surface area (Å²) in [5.74, 6) is -0.827. The summed E-state index contributed by atoms with van der Waals surface area (Å²) >= 11 is 0. The highest BCUT2D eigenvalue weighted by atomic mass is 19.4. The van der Waals surface area contributed by atoms with E-state index in [1.807, 2.05) is 18.2 Å². The van der Waals surface area contributed by atoms with Crippen LogP contribution in [0.25, 0.3) is 11.3 Å². The van der Waals surface area contributed by atoms with Gasteiger partial charge in [-0.3, -0.25) is 9.98 Å². The van der Waals surface area contributed by atoms with E-state index in [0.29, 0.717) is 17.0 Å². The van der Waals surface area contributed by atoms with E-state index in [4.69, 9.17) is 0 Å². The molecule has 2 unspecified atom stereocenters. The summed E-state index contributed by atoms with van der Waals surface area (Å²) in [6, 6.07) is 10.9. The lowest BCUT2D eigenvalue weighted by molar-refractivity contribution is -0.0962. The number of hydrogen-bond donors (Lipinski definition) is 1. The molecule has 0 bridgehead atoms. The maximum Gasteiger partial charge on any atom is 0.413 e. The van der Waals surface area contributed by atoms with Crippen LogP contribution in [0, 0.1) is 0 Å². The number of para-hydroxylation sites is 1. The number of benzene rings is 1. The van der Waals surface area contributed by atoms with Crippen molar-refractivity contribution in [2.75, 3.05) is 5.32 Å². The van der Waals surface area contributed by atoms with Gasteiger partial charge in [0.1, 0.15) is 6.17 Å². The molecule has 1 aromatic heterocycles. The molecule has 24 heavy (non-hydrogen) atoms. The molecule has 0 saturated heterocycles. The molecule has 2 aromatic rings. The summed E-state index contributed by atoms with van der Waals surface area (Å²) in [5, 5.41) is 3.17. The first-order valence-corrected chi connectivity index (χ1v) is 7.59. The predicted molar refractivity (Wildman–Crippen MR) is 87.1 cm³/mol. The van der Waals surface area contributed by atoms with Crippen molar-refractivity contribution in [3.8, 4) is 11.3 Å². The second kappa shape index (κ2) is 5.19. The molecule has 0 amide bonds. The van der Waals surface area contributed by atoms with Crippen molar-refractivity contribution in [3.63, 3.8) is 0 Å². The molecule has 3 heterocycles. The van der Waals surface area contributed by atoms with Crippen LogP contribution in [-0.2, 0) is 0 Å². The molecule has 6 heteroatoms. The van der Waals surface area contributed by atoms with E-state index in [-0.39, 0.29) is 0 Å². The summed E-state index contributed by atoms with van der Waals surface area (Å²) in [7, 11) is 0. The zero-order valence-corrected chi connectivity index (χ0v) is 12.8. The van der Waals surface area contributed by atoms with Crippen LogP contribution in [0.4, 0.5) is 18.9 Å². The van der Waals surface area contributed by atoms with Gasteiger partial charge in [0.05, 0.1) is 11.6 Å². The van der Waals surface area contributed by atoms with Gasteiger partial charge in [-0.15, -0.1) is 0 Å². The van der Waals surface area contributed by atoms with Crippen LogP contribution in [0.5, 0.6) is 0 Å². The molecule has 3 nitrogen and oxygen atoms in total. The highest BCUT2D eigenvalue weighted by molar-refractivity contribution is 5.96. The van der Waals surface area contributed by atoms with Crippen LogP contribution in [0.3, 0.4) is 0 Å². The van der Waals surface area contributed by atoms with Crippen molar-refractivity contribution >= 4 is 11.4 Å². The number of nitrogens with zero attached hydrogens (tertiary/aromatic N) is 2. The van der Waals surface area contributed by atoms with Crippen LogP contribution >= 0.6 is 0 Å². The van der Waals surface area contributed by atoms with Crippen molar-refractivity contribution < 1.29 is 13.2 Å². The molecule has 0 fully saturated rings. The molecule has 1 N–H and O–H groups in total. The highest BCUT2D eigenvalue weighted by Gasteiger charge is 2.48. The van der Waals surface area contributed by atoms with Crippen molar-refractivity contribution in [2.24, 2.45) is 4.99 Å². The van der Waals surface area contributed by atoms with E-state index in [1.54, 1.807) is 31.3 Å². The molecule has 0 aliphatic carbocycles. The minimum atomic E-state index is -4.38. The van der Waals surface area contributed by atoms with E-state index in [0.717, 1.165) is 17.3 Å². The van der Waals surface area contributed by atoms with Gasteiger partial charge in [-0.2, -0.15) is 13.2 Å². The van der Waals surface area contributed by atoms with Crippen LogP contribution in [0.2, 0.25) is 0 Å². The Morgan fingerprint density at radius 3 is 2.62 bits per heavy atom. The van der Waals surface area contributed by atoms with Crippen LogP contribution in [0.1, 0.15) is 18.4 Å². The van der Waals surface area contributed by atoms with E-state index >= 15 is 0 Å². The second-order valence-electron chi connectivity index (χ2n) is 5.92. The lowest BCUT2D eigenvalue weighted by Gasteiger charge is -2.26. The molecule has 0 saturated carbocycles. The molecule has 2 atom stereocenters. The lowest BCUT2D eigenvalue weighted by Crippen LogP contribution is -2.30. The highest BCUT2D eigenvalue weighted by Crippen LogP contribution is 2.50. The van der Waals surface area contributed by atoms with E-state index < -0.39 is 23.8 Å². The molecular weight excluding hydrogens is 315 g/mol. The maximum absolute atomic E-state index is 13.5. The van der Waals surface area contributed by atoms with Gasteiger partial charge < -0.3 is 5.32 Å². The fraction of sp³-hybridized carbons (Fsp3) is 0.222. The Kier molecular flexibility index (Phi) is 3.23. The smallest absolute Gasteiger partial charge is 0.362 e. The number of fused-ring (bicyclic) bond motifs is 3. The zero-order chi connectivity index (χ0) is 16.9. The molecule has 1 aromatic carbocycles. The van der Waals surface area contributed by atoms with Gasteiger partial charge in [0, 0.05) is 28.7 Å². The Labute approximate surface area is 137 Å². The van der Waals surface area contributed by atoms with Crippen LogP contribution in [0.15, 0.2) is 59.2 Å². The van der Waals surface area contributed by atoms with Crippen molar-refractivity contribution in [1.82, 2.24) is 4.98 Å². The fourth-order valence-electron chi connectivity index (χ4n) is 3.40. The molecule has 122 valence electrons. The van der Waals surface area contributed by atoms with Crippen molar-refractivity contribution in [1.29, 1.82) is 0 Å². The lowest BCUT2D eigenvalue weighted by atomic mass is 9.87. The minimum Gasteiger partial charge on any atom is -0.362 e. The van der Waals surface area contributed by atoms with E-state index in [9.17, 15) is 13.2 Å². The van der Waals surface area contributed by atoms with E-state index in [2.05, 4.69) is 15.3 Å². The third-order valence-corrected chi connectivity index (χ3v) is 4.35. The molecule has 0 radical (unpaired) electrons. The monoisotopic (exact) mass is 329 g/mol. The molecule has 2 aliphatic rings. The van der Waals surface area contributed by atoms with Gasteiger partial charge in [-0.25, -0.2) is 0 Å². The number of halogens is 3. The Morgan fingerprint density at radius 1 is 1.08 bits per heavy atom. The summed E-state index contributed by atoms with van der Waals surface area (Å²) in [6.45, 7) is 1.59. The second-order valence-corrected chi connectivity index (χ2v) is 5.92. The minimum absolute atomic E-state index is 0.378. The Bertz CT molecular complexity index is 854. The fourth-order valence-corrected chi connectivity index (χ4v) is 3.40. The quantitative estimate of drug-likeness (QED) is 0.833. The number of dihydropyridines is 1. The van der Waals surface area contributed by atoms with Crippen molar-refractivity contribution in [3.05, 3.63) is 59.8 Å². The van der Waals surface area contributed by atoms with Gasteiger partial charge in [-0.05, 0) is 30.7 Å². The molecular formula is C18H14F3N3. The number of aromatic nitrogens is 1. The molecule has 4 rings (SSSR count). The van der Waals surface area contributed by atoms with Crippen LogP contribution in [-0.4, -0.2) is 23.0 Å². The zero-order valence-electron chi connectivity index (χ0n) is 12.8. The normalized spacial score (nSPS) is 22.2. The molecule has 2 aliphatic heterocycles. The van der Waals surface area contributed by atoms with Crippen LogP contribution < -0.4 is 5.32 Å². The first-order valence-electron chi connectivity index (χ1n) is 7.59. The van der Waals surface area contributed by atoms with Gasteiger partial charge in [0.15, 0.2) is 0 Å². The number of hydrogen-bond acceptors (Lipinski definition) is 3. The Morgan fingerprint density at radius 2 is 1.92 bits per heavy atom. The summed E-state index contributed by atoms with van der Waals surface area (Å²) < 4.78 is 40.5.